The van der Waals surface area contributed by atoms with Crippen molar-refractivity contribution in [3.8, 4) is 0 Å². The largest absolute Gasteiger partial charge is 0.341 e. The van der Waals surface area contributed by atoms with Gasteiger partial charge in [0.1, 0.15) is 11.6 Å². The molecule has 2 heterocycles. The summed E-state index contributed by atoms with van der Waals surface area (Å²) in [7, 11) is 0. The summed E-state index contributed by atoms with van der Waals surface area (Å²) in [5, 5.41) is 0.646. The summed E-state index contributed by atoms with van der Waals surface area (Å²) in [4.78, 5) is 33.8. The quantitative estimate of drug-likeness (QED) is 0.412. The molecule has 0 aromatic heterocycles. The average molecular weight is 574 g/mol. The highest BCUT2D eigenvalue weighted by Gasteiger charge is 2.45. The molecule has 0 radical (unpaired) electrons. The molecule has 40 heavy (non-hydrogen) atoms. The van der Waals surface area contributed by atoms with Gasteiger partial charge in [0.2, 0.25) is 11.8 Å². The van der Waals surface area contributed by atoms with Gasteiger partial charge in [-0.3, -0.25) is 14.5 Å². The molecule has 2 aliphatic rings. The lowest BCUT2D eigenvalue weighted by Crippen LogP contribution is -2.50. The average Bonchev–Trinajstić information content (AvgIpc) is 3.29. The number of hydrogen-bond acceptors (Lipinski definition) is 3. The molecule has 0 aliphatic carbocycles. The third-order valence-electron chi connectivity index (χ3n) is 8.31. The molecule has 5 nitrogen and oxygen atoms in total. The lowest BCUT2D eigenvalue weighted by atomic mass is 9.87. The molecule has 2 saturated heterocycles. The Labute approximate surface area is 242 Å². The van der Waals surface area contributed by atoms with Crippen LogP contribution in [0.5, 0.6) is 0 Å². The van der Waals surface area contributed by atoms with E-state index in [0.29, 0.717) is 49.7 Å². The van der Waals surface area contributed by atoms with Gasteiger partial charge in [-0.25, -0.2) is 8.78 Å². The van der Waals surface area contributed by atoms with Gasteiger partial charge in [-0.1, -0.05) is 50.6 Å². The SMILES string of the molecule is CC(C)(C)C(=O)N1CCN(C(=O)[C@@H]2CN(C(C)(C)C)C[C@H]2c2ccc(F)cc2F)CCC[C@H]1c1ccc(Cl)cc1. The second-order valence-corrected chi connectivity index (χ2v) is 13.7. The molecule has 0 spiro atoms. The monoisotopic (exact) mass is 573 g/mol. The first-order valence-corrected chi connectivity index (χ1v) is 14.6. The van der Waals surface area contributed by atoms with Crippen LogP contribution in [-0.2, 0) is 9.59 Å². The Kier molecular flexibility index (Phi) is 8.96. The van der Waals surface area contributed by atoms with Crippen molar-refractivity contribution in [2.24, 2.45) is 11.3 Å². The lowest BCUT2D eigenvalue weighted by Gasteiger charge is -2.40. The number of hydrogen-bond donors (Lipinski definition) is 0. The topological polar surface area (TPSA) is 43.9 Å². The maximum atomic E-state index is 15.0. The number of carbonyl (C=O) groups is 2. The van der Waals surface area contributed by atoms with E-state index in [-0.39, 0.29) is 29.3 Å². The molecule has 0 bridgehead atoms. The molecule has 218 valence electrons. The van der Waals surface area contributed by atoms with Crippen molar-refractivity contribution in [1.82, 2.24) is 14.7 Å². The predicted octanol–water partition coefficient (Wildman–Crippen LogP) is 6.67. The van der Waals surface area contributed by atoms with Crippen LogP contribution in [0.15, 0.2) is 42.5 Å². The van der Waals surface area contributed by atoms with E-state index in [1.165, 1.54) is 12.1 Å². The summed E-state index contributed by atoms with van der Waals surface area (Å²) in [6.45, 7) is 14.4. The van der Waals surface area contributed by atoms with E-state index in [1.807, 2.05) is 54.8 Å². The zero-order valence-electron chi connectivity index (χ0n) is 24.5. The number of likely N-dealkylation sites (tertiary alicyclic amines) is 1. The number of rotatable bonds is 3. The Morgan fingerprint density at radius 2 is 1.57 bits per heavy atom. The minimum atomic E-state index is -0.627. The zero-order valence-corrected chi connectivity index (χ0v) is 25.3. The number of halogens is 3. The summed E-state index contributed by atoms with van der Waals surface area (Å²) in [6, 6.07) is 11.2. The smallest absolute Gasteiger partial charge is 0.228 e. The van der Waals surface area contributed by atoms with Gasteiger partial charge in [-0.2, -0.15) is 0 Å². The van der Waals surface area contributed by atoms with Gasteiger partial charge in [0, 0.05) is 60.7 Å². The Bertz CT molecular complexity index is 1220. The fraction of sp³-hybridized carbons (Fsp3) is 0.562. The second-order valence-electron chi connectivity index (χ2n) is 13.2. The fourth-order valence-corrected chi connectivity index (χ4v) is 6.13. The van der Waals surface area contributed by atoms with Crippen LogP contribution < -0.4 is 0 Å². The molecule has 0 saturated carbocycles. The highest BCUT2D eigenvalue weighted by atomic mass is 35.5. The maximum absolute atomic E-state index is 15.0. The summed E-state index contributed by atoms with van der Waals surface area (Å²) >= 11 is 6.14. The van der Waals surface area contributed by atoms with Crippen molar-refractivity contribution in [3.63, 3.8) is 0 Å². The van der Waals surface area contributed by atoms with Crippen LogP contribution in [0.2, 0.25) is 5.02 Å². The molecule has 0 unspecified atom stereocenters. The summed E-state index contributed by atoms with van der Waals surface area (Å²) in [5.41, 5.74) is 0.626. The van der Waals surface area contributed by atoms with E-state index < -0.39 is 23.0 Å². The van der Waals surface area contributed by atoms with Crippen molar-refractivity contribution in [3.05, 3.63) is 70.2 Å². The van der Waals surface area contributed by atoms with Crippen LogP contribution in [0.3, 0.4) is 0 Å². The predicted molar refractivity (Wildman–Crippen MR) is 155 cm³/mol. The minimum Gasteiger partial charge on any atom is -0.341 e. The minimum absolute atomic E-state index is 0.0337. The Morgan fingerprint density at radius 3 is 2.17 bits per heavy atom. The van der Waals surface area contributed by atoms with E-state index >= 15 is 0 Å². The summed E-state index contributed by atoms with van der Waals surface area (Å²) in [6.07, 6.45) is 1.43. The summed E-state index contributed by atoms with van der Waals surface area (Å²) < 4.78 is 28.7. The molecular weight excluding hydrogens is 532 g/mol. The second kappa shape index (κ2) is 11.8. The molecule has 8 heteroatoms. The molecule has 2 aromatic rings. The molecule has 3 atom stereocenters. The van der Waals surface area contributed by atoms with Gasteiger partial charge >= 0.3 is 0 Å². The van der Waals surface area contributed by atoms with Gasteiger partial charge in [-0.05, 0) is 62.9 Å². The first kappa shape index (κ1) is 30.4. The molecule has 2 aromatic carbocycles. The van der Waals surface area contributed by atoms with Gasteiger partial charge in [-0.15, -0.1) is 0 Å². The van der Waals surface area contributed by atoms with E-state index in [0.717, 1.165) is 18.1 Å². The fourth-order valence-electron chi connectivity index (χ4n) is 6.01. The van der Waals surface area contributed by atoms with Crippen molar-refractivity contribution in [2.45, 2.75) is 71.9 Å². The number of carbonyl (C=O) groups excluding carboxylic acids is 2. The Hall–Kier alpha value is -2.51. The van der Waals surface area contributed by atoms with E-state index in [1.54, 1.807) is 0 Å². The lowest BCUT2D eigenvalue weighted by molar-refractivity contribution is -0.145. The van der Waals surface area contributed by atoms with E-state index in [2.05, 4.69) is 25.7 Å². The number of benzene rings is 2. The van der Waals surface area contributed by atoms with Gasteiger partial charge in [0.05, 0.1) is 12.0 Å². The third kappa shape index (κ3) is 6.68. The molecule has 2 fully saturated rings. The van der Waals surface area contributed by atoms with Crippen LogP contribution >= 0.6 is 11.6 Å². The third-order valence-corrected chi connectivity index (χ3v) is 8.56. The Morgan fingerprint density at radius 1 is 0.900 bits per heavy atom. The van der Waals surface area contributed by atoms with Crippen molar-refractivity contribution >= 4 is 23.4 Å². The molecule has 0 N–H and O–H groups in total. The first-order valence-electron chi connectivity index (χ1n) is 14.2. The van der Waals surface area contributed by atoms with Gasteiger partial charge < -0.3 is 9.80 Å². The highest BCUT2D eigenvalue weighted by Crippen LogP contribution is 2.39. The molecule has 4 rings (SSSR count). The van der Waals surface area contributed by atoms with Crippen LogP contribution in [0.4, 0.5) is 8.78 Å². The van der Waals surface area contributed by atoms with Crippen molar-refractivity contribution < 1.29 is 18.4 Å². The number of amides is 2. The molecule has 2 amide bonds. The van der Waals surface area contributed by atoms with Gasteiger partial charge in [0.25, 0.3) is 0 Å². The molecule has 2 aliphatic heterocycles. The van der Waals surface area contributed by atoms with Crippen molar-refractivity contribution in [1.29, 1.82) is 0 Å². The van der Waals surface area contributed by atoms with Crippen LogP contribution in [0.25, 0.3) is 0 Å². The van der Waals surface area contributed by atoms with Gasteiger partial charge in [0.15, 0.2) is 0 Å². The van der Waals surface area contributed by atoms with Crippen LogP contribution in [0, 0.1) is 23.0 Å². The Balaban J connectivity index is 1.61. The van der Waals surface area contributed by atoms with E-state index in [4.69, 9.17) is 11.6 Å². The van der Waals surface area contributed by atoms with Crippen molar-refractivity contribution in [2.75, 3.05) is 32.7 Å². The first-order chi connectivity index (χ1) is 18.7. The summed E-state index contributed by atoms with van der Waals surface area (Å²) in [5.74, 6) is -2.08. The zero-order chi connectivity index (χ0) is 29.4. The highest BCUT2D eigenvalue weighted by molar-refractivity contribution is 6.30. The normalized spacial score (nSPS) is 23.2. The van der Waals surface area contributed by atoms with Crippen LogP contribution in [-0.4, -0.2) is 64.8 Å². The standard InChI is InChI=1S/C32H42ClF2N3O2/c1-31(2,3)30(40)38-17-16-36(15-7-8-28(38)21-9-11-22(33)12-10-21)29(39)26-20-37(32(4,5)6)19-25(26)24-14-13-23(34)18-27(24)35/h9-14,18,25-26,28H,7-8,15-17,19-20H2,1-6H3/t25-,26+,28-/m0/s1. The van der Waals surface area contributed by atoms with E-state index in [9.17, 15) is 18.4 Å². The molecular formula is C32H42ClF2N3O2. The maximum Gasteiger partial charge on any atom is 0.228 e. The van der Waals surface area contributed by atoms with Crippen LogP contribution in [0.1, 0.15) is 77.5 Å². The number of nitrogens with zero attached hydrogens (tertiary/aromatic N) is 3.